The Balaban J connectivity index is 3.05. The topological polar surface area (TPSA) is 38.9 Å². The molecule has 0 amide bonds. The van der Waals surface area contributed by atoms with E-state index in [2.05, 4.69) is 14.9 Å². The number of halogens is 1. The standard InChI is InChI=1S/C2HFN2O/c3-2-1-4-6-5-2/h1H. The molecule has 32 valence electrons. The van der Waals surface area contributed by atoms with Gasteiger partial charge in [-0.2, -0.15) is 4.39 Å². The lowest BCUT2D eigenvalue weighted by Crippen LogP contribution is -1.61. The molecule has 0 aliphatic heterocycles. The first kappa shape index (κ1) is 3.27. The summed E-state index contributed by atoms with van der Waals surface area (Å²) in [7, 11) is 0. The highest BCUT2D eigenvalue weighted by atomic mass is 19.1. The van der Waals surface area contributed by atoms with E-state index in [1.165, 1.54) is 0 Å². The van der Waals surface area contributed by atoms with Crippen molar-refractivity contribution in [2.24, 2.45) is 0 Å². The highest BCUT2D eigenvalue weighted by Gasteiger charge is 1.85. The average molecular weight is 88.0 g/mol. The molecule has 0 fully saturated rings. The largest absolute Gasteiger partial charge is 0.274 e. The average Bonchev–Trinajstić information content (AvgIpc) is 1.86. The smallest absolute Gasteiger partial charge is 0.242 e. The Morgan fingerprint density at radius 1 is 1.83 bits per heavy atom. The first-order valence-corrected chi connectivity index (χ1v) is 1.32. The molecular formula is C2HFN2O. The maximum atomic E-state index is 11.4. The number of hydrogen-bond donors (Lipinski definition) is 0. The zero-order chi connectivity index (χ0) is 4.41. The second-order valence-electron chi connectivity index (χ2n) is 0.730. The van der Waals surface area contributed by atoms with Crippen molar-refractivity contribution in [3.63, 3.8) is 0 Å². The molecule has 0 radical (unpaired) electrons. The molecule has 0 N–H and O–H groups in total. The minimum absolute atomic E-state index is 0.685. The molecule has 3 nitrogen and oxygen atoms in total. The van der Waals surface area contributed by atoms with Crippen LogP contribution in [-0.4, -0.2) is 10.3 Å². The fraction of sp³-hybridized carbons (Fsp3) is 0. The van der Waals surface area contributed by atoms with Gasteiger partial charge < -0.3 is 0 Å². The van der Waals surface area contributed by atoms with Gasteiger partial charge in [0.25, 0.3) is 5.95 Å². The summed E-state index contributed by atoms with van der Waals surface area (Å²) < 4.78 is 15.2. The van der Waals surface area contributed by atoms with Gasteiger partial charge in [0.15, 0.2) is 0 Å². The van der Waals surface area contributed by atoms with Crippen molar-refractivity contribution >= 4 is 0 Å². The van der Waals surface area contributed by atoms with Crippen LogP contribution in [0.3, 0.4) is 0 Å². The predicted octanol–water partition coefficient (Wildman–Crippen LogP) is 0.209. The van der Waals surface area contributed by atoms with Gasteiger partial charge in [-0.15, -0.1) is 0 Å². The SMILES string of the molecule is Fc1cnon1. The molecule has 0 unspecified atom stereocenters. The van der Waals surface area contributed by atoms with Crippen molar-refractivity contribution in [3.8, 4) is 0 Å². The second kappa shape index (κ2) is 1.04. The molecule has 1 aromatic heterocycles. The Hall–Kier alpha value is -0.930. The fourth-order valence-corrected chi connectivity index (χ4v) is 0.153. The van der Waals surface area contributed by atoms with Crippen LogP contribution in [0.2, 0.25) is 0 Å². The zero-order valence-electron chi connectivity index (χ0n) is 2.76. The van der Waals surface area contributed by atoms with Crippen LogP contribution >= 0.6 is 0 Å². The van der Waals surface area contributed by atoms with Gasteiger partial charge in [0.1, 0.15) is 6.20 Å². The van der Waals surface area contributed by atoms with E-state index in [1.807, 2.05) is 0 Å². The summed E-state index contributed by atoms with van der Waals surface area (Å²) >= 11 is 0. The number of rotatable bonds is 0. The first-order chi connectivity index (χ1) is 2.89. The highest BCUT2D eigenvalue weighted by molar-refractivity contribution is 4.60. The van der Waals surface area contributed by atoms with Gasteiger partial charge in [0.2, 0.25) is 0 Å². The Bertz CT molecular complexity index is 115. The van der Waals surface area contributed by atoms with Crippen LogP contribution in [0.5, 0.6) is 0 Å². The Kier molecular flexibility index (Phi) is 0.567. The second-order valence-corrected chi connectivity index (χ2v) is 0.730. The molecule has 0 saturated heterocycles. The number of hydrogen-bond acceptors (Lipinski definition) is 3. The minimum Gasteiger partial charge on any atom is -0.242 e. The van der Waals surface area contributed by atoms with E-state index >= 15 is 0 Å². The van der Waals surface area contributed by atoms with Gasteiger partial charge in [0, 0.05) is 0 Å². The van der Waals surface area contributed by atoms with Crippen molar-refractivity contribution < 1.29 is 9.02 Å². The summed E-state index contributed by atoms with van der Waals surface area (Å²) in [6.45, 7) is 0. The monoisotopic (exact) mass is 88.0 g/mol. The molecule has 4 heteroatoms. The summed E-state index contributed by atoms with van der Waals surface area (Å²) in [5.74, 6) is -0.685. The summed E-state index contributed by atoms with van der Waals surface area (Å²) in [4.78, 5) is 0. The summed E-state index contributed by atoms with van der Waals surface area (Å²) in [6, 6.07) is 0. The van der Waals surface area contributed by atoms with Gasteiger partial charge in [0.05, 0.1) is 0 Å². The zero-order valence-corrected chi connectivity index (χ0v) is 2.76. The molecule has 6 heavy (non-hydrogen) atoms. The quantitative estimate of drug-likeness (QED) is 0.455. The predicted molar refractivity (Wildman–Crippen MR) is 14.3 cm³/mol. The normalized spacial score (nSPS) is 8.83. The summed E-state index contributed by atoms with van der Waals surface area (Å²) in [5.41, 5.74) is 0. The third-order valence-corrected chi connectivity index (χ3v) is 0.334. The minimum atomic E-state index is -0.685. The van der Waals surface area contributed by atoms with E-state index in [0.717, 1.165) is 6.20 Å². The van der Waals surface area contributed by atoms with Gasteiger partial charge in [-0.1, -0.05) is 5.16 Å². The van der Waals surface area contributed by atoms with Gasteiger partial charge in [-0.05, 0) is 5.16 Å². The first-order valence-electron chi connectivity index (χ1n) is 1.32. The van der Waals surface area contributed by atoms with Crippen molar-refractivity contribution in [2.45, 2.75) is 0 Å². The Morgan fingerprint density at radius 3 is 2.83 bits per heavy atom. The van der Waals surface area contributed by atoms with Crippen molar-refractivity contribution in [1.82, 2.24) is 10.3 Å². The molecule has 0 aliphatic carbocycles. The molecule has 1 heterocycles. The lowest BCUT2D eigenvalue weighted by molar-refractivity contribution is 0.288. The molecule has 0 atom stereocenters. The van der Waals surface area contributed by atoms with Crippen LogP contribution < -0.4 is 0 Å². The van der Waals surface area contributed by atoms with Crippen LogP contribution in [0.4, 0.5) is 4.39 Å². The third kappa shape index (κ3) is 0.357. The number of nitrogens with zero attached hydrogens (tertiary/aromatic N) is 2. The maximum Gasteiger partial charge on any atom is 0.274 e. The van der Waals surface area contributed by atoms with E-state index < -0.39 is 5.95 Å². The molecule has 0 aromatic carbocycles. The molecular weight excluding hydrogens is 87.0 g/mol. The van der Waals surface area contributed by atoms with Crippen molar-refractivity contribution in [1.29, 1.82) is 0 Å². The van der Waals surface area contributed by atoms with Crippen molar-refractivity contribution in [2.75, 3.05) is 0 Å². The fourth-order valence-electron chi connectivity index (χ4n) is 0.153. The molecule has 0 aliphatic rings. The van der Waals surface area contributed by atoms with Gasteiger partial charge in [-0.3, -0.25) is 0 Å². The van der Waals surface area contributed by atoms with Gasteiger partial charge >= 0.3 is 0 Å². The lowest BCUT2D eigenvalue weighted by Gasteiger charge is -1.53. The van der Waals surface area contributed by atoms with Gasteiger partial charge in [-0.25, -0.2) is 4.63 Å². The van der Waals surface area contributed by atoms with E-state index in [9.17, 15) is 4.39 Å². The van der Waals surface area contributed by atoms with E-state index in [0.29, 0.717) is 0 Å². The molecule has 1 rings (SSSR count). The summed E-state index contributed by atoms with van der Waals surface area (Å²) in [5, 5.41) is 5.72. The third-order valence-electron chi connectivity index (χ3n) is 0.334. The van der Waals surface area contributed by atoms with Crippen LogP contribution in [0.25, 0.3) is 0 Å². The lowest BCUT2D eigenvalue weighted by atomic mass is 10.9. The molecule has 0 saturated carbocycles. The molecule has 0 bridgehead atoms. The van der Waals surface area contributed by atoms with E-state index in [4.69, 9.17) is 0 Å². The molecule has 0 spiro atoms. The van der Waals surface area contributed by atoms with Crippen LogP contribution in [-0.2, 0) is 0 Å². The van der Waals surface area contributed by atoms with Crippen LogP contribution in [0, 0.1) is 5.95 Å². The number of aromatic nitrogens is 2. The maximum absolute atomic E-state index is 11.4. The van der Waals surface area contributed by atoms with E-state index in [1.54, 1.807) is 0 Å². The van der Waals surface area contributed by atoms with Crippen LogP contribution in [0.1, 0.15) is 0 Å². The Labute approximate surface area is 32.7 Å². The Morgan fingerprint density at radius 2 is 2.67 bits per heavy atom. The highest BCUT2D eigenvalue weighted by Crippen LogP contribution is 1.81. The summed E-state index contributed by atoms with van der Waals surface area (Å²) in [6.07, 6.45) is 0.889. The van der Waals surface area contributed by atoms with E-state index in [-0.39, 0.29) is 0 Å². The molecule has 1 aromatic rings. The van der Waals surface area contributed by atoms with Crippen molar-refractivity contribution in [3.05, 3.63) is 12.1 Å². The van der Waals surface area contributed by atoms with Crippen LogP contribution in [0.15, 0.2) is 10.8 Å².